The monoisotopic (exact) mass is 238 g/mol. The summed E-state index contributed by atoms with van der Waals surface area (Å²) in [5.74, 6) is 3.14. The molecule has 0 bridgehead atoms. The maximum Gasteiger partial charge on any atom is 0.107 e. The highest BCUT2D eigenvalue weighted by atomic mass is 15.0. The van der Waals surface area contributed by atoms with E-state index < -0.39 is 5.54 Å². The molecule has 0 heterocycles. The van der Waals surface area contributed by atoms with E-state index in [0.717, 1.165) is 25.7 Å². The maximum atomic E-state index is 9.34. The van der Waals surface area contributed by atoms with Crippen molar-refractivity contribution in [1.29, 1.82) is 5.26 Å². The Morgan fingerprint density at radius 2 is 1.94 bits per heavy atom. The number of hydrogen-bond acceptors (Lipinski definition) is 2. The van der Waals surface area contributed by atoms with Gasteiger partial charge in [0.1, 0.15) is 5.54 Å². The summed E-state index contributed by atoms with van der Waals surface area (Å²) in [6, 6.07) is 13.0. The lowest BCUT2D eigenvalue weighted by Crippen LogP contribution is -2.46. The molecule has 0 spiro atoms. The smallest absolute Gasteiger partial charge is 0.107 e. The molecule has 1 fully saturated rings. The molecular formula is C16H18N2. The highest BCUT2D eigenvalue weighted by Gasteiger charge is 2.35. The first-order chi connectivity index (χ1) is 8.79. The van der Waals surface area contributed by atoms with Gasteiger partial charge in [-0.1, -0.05) is 36.3 Å². The number of terminal acetylenes is 1. The van der Waals surface area contributed by atoms with E-state index in [-0.39, 0.29) is 0 Å². The molecule has 2 nitrogen and oxygen atoms in total. The first-order valence-corrected chi connectivity index (χ1v) is 6.44. The second-order valence-corrected chi connectivity index (χ2v) is 4.94. The van der Waals surface area contributed by atoms with E-state index in [4.69, 9.17) is 6.42 Å². The predicted octanol–water partition coefficient (Wildman–Crippen LogP) is 2.83. The predicted molar refractivity (Wildman–Crippen MR) is 72.8 cm³/mol. The Hall–Kier alpha value is -1.77. The highest BCUT2D eigenvalue weighted by Crippen LogP contribution is 2.37. The average molecular weight is 238 g/mol. The summed E-state index contributed by atoms with van der Waals surface area (Å²) in [6.45, 7) is 0.476. The van der Waals surface area contributed by atoms with Crippen LogP contribution in [0.2, 0.25) is 0 Å². The molecule has 1 aliphatic carbocycles. The van der Waals surface area contributed by atoms with E-state index in [2.05, 4.69) is 41.6 Å². The van der Waals surface area contributed by atoms with Crippen LogP contribution in [0.15, 0.2) is 30.3 Å². The SMILES string of the molecule is C#CCNC1(C#N)CCC(c2ccccc2)CC1. The second-order valence-electron chi connectivity index (χ2n) is 4.94. The van der Waals surface area contributed by atoms with Crippen LogP contribution >= 0.6 is 0 Å². The van der Waals surface area contributed by atoms with Crippen molar-refractivity contribution in [1.82, 2.24) is 5.32 Å². The van der Waals surface area contributed by atoms with Crippen LogP contribution in [0.1, 0.15) is 37.2 Å². The molecule has 1 N–H and O–H groups in total. The van der Waals surface area contributed by atoms with Gasteiger partial charge in [0.2, 0.25) is 0 Å². The molecule has 18 heavy (non-hydrogen) atoms. The number of benzene rings is 1. The van der Waals surface area contributed by atoms with Gasteiger partial charge in [0.15, 0.2) is 0 Å². The van der Waals surface area contributed by atoms with Crippen molar-refractivity contribution >= 4 is 0 Å². The van der Waals surface area contributed by atoms with Crippen molar-refractivity contribution in [2.24, 2.45) is 0 Å². The molecular weight excluding hydrogens is 220 g/mol. The molecule has 1 saturated carbocycles. The van der Waals surface area contributed by atoms with Crippen LogP contribution in [0.3, 0.4) is 0 Å². The van der Waals surface area contributed by atoms with Crippen molar-refractivity contribution in [2.45, 2.75) is 37.1 Å². The van der Waals surface area contributed by atoms with Crippen molar-refractivity contribution in [2.75, 3.05) is 6.54 Å². The van der Waals surface area contributed by atoms with Crippen molar-refractivity contribution in [3.63, 3.8) is 0 Å². The third-order valence-electron chi connectivity index (χ3n) is 3.85. The number of hydrogen-bond donors (Lipinski definition) is 1. The Labute approximate surface area is 109 Å². The second kappa shape index (κ2) is 5.71. The fourth-order valence-electron chi connectivity index (χ4n) is 2.72. The van der Waals surface area contributed by atoms with Gasteiger partial charge in [0, 0.05) is 0 Å². The van der Waals surface area contributed by atoms with Crippen molar-refractivity contribution in [3.8, 4) is 18.4 Å². The zero-order chi connectivity index (χ0) is 12.8. The molecule has 0 aliphatic heterocycles. The zero-order valence-electron chi connectivity index (χ0n) is 10.5. The average Bonchev–Trinajstić information content (AvgIpc) is 2.47. The summed E-state index contributed by atoms with van der Waals surface area (Å²) in [6.07, 6.45) is 9.12. The lowest BCUT2D eigenvalue weighted by molar-refractivity contribution is 0.285. The normalized spacial score (nSPS) is 27.1. The van der Waals surface area contributed by atoms with Crippen LogP contribution in [0.4, 0.5) is 0 Å². The number of nitriles is 1. The molecule has 0 radical (unpaired) electrons. The number of nitrogens with zero attached hydrogens (tertiary/aromatic N) is 1. The van der Waals surface area contributed by atoms with Crippen molar-refractivity contribution < 1.29 is 0 Å². The third kappa shape index (κ3) is 2.73. The summed E-state index contributed by atoms with van der Waals surface area (Å²) >= 11 is 0. The third-order valence-corrected chi connectivity index (χ3v) is 3.85. The van der Waals surface area contributed by atoms with Gasteiger partial charge in [-0.25, -0.2) is 0 Å². The molecule has 0 unspecified atom stereocenters. The lowest BCUT2D eigenvalue weighted by atomic mass is 9.75. The van der Waals surface area contributed by atoms with Crippen LogP contribution in [-0.4, -0.2) is 12.1 Å². The van der Waals surface area contributed by atoms with E-state index in [0.29, 0.717) is 12.5 Å². The molecule has 92 valence electrons. The van der Waals surface area contributed by atoms with Gasteiger partial charge in [-0.05, 0) is 37.2 Å². The maximum absolute atomic E-state index is 9.34. The Bertz CT molecular complexity index is 456. The molecule has 0 atom stereocenters. The van der Waals surface area contributed by atoms with Gasteiger partial charge in [0.25, 0.3) is 0 Å². The lowest BCUT2D eigenvalue weighted by Gasteiger charge is -2.35. The summed E-state index contributed by atoms with van der Waals surface area (Å²) in [4.78, 5) is 0. The highest BCUT2D eigenvalue weighted by molar-refractivity contribution is 5.22. The standard InChI is InChI=1S/C16H18N2/c1-2-12-18-16(13-17)10-8-15(9-11-16)14-6-4-3-5-7-14/h1,3-7,15,18H,8-12H2. The fraction of sp³-hybridized carbons (Fsp3) is 0.438. The topological polar surface area (TPSA) is 35.8 Å². The van der Waals surface area contributed by atoms with Crippen LogP contribution in [0.5, 0.6) is 0 Å². The summed E-state index contributed by atoms with van der Waals surface area (Å²) in [5, 5.41) is 12.6. The van der Waals surface area contributed by atoms with Gasteiger partial charge in [-0.2, -0.15) is 5.26 Å². The molecule has 1 aliphatic rings. The van der Waals surface area contributed by atoms with Crippen LogP contribution in [0.25, 0.3) is 0 Å². The molecule has 2 heteroatoms. The van der Waals surface area contributed by atoms with E-state index in [1.165, 1.54) is 5.56 Å². The first kappa shape index (κ1) is 12.7. The molecule has 1 aromatic carbocycles. The van der Waals surface area contributed by atoms with Crippen LogP contribution in [0, 0.1) is 23.7 Å². The minimum Gasteiger partial charge on any atom is -0.288 e. The molecule has 0 saturated heterocycles. The Balaban J connectivity index is 1.99. The Morgan fingerprint density at radius 1 is 1.28 bits per heavy atom. The molecule has 2 rings (SSSR count). The summed E-state index contributed by atoms with van der Waals surface area (Å²) in [7, 11) is 0. The van der Waals surface area contributed by atoms with Gasteiger partial charge >= 0.3 is 0 Å². The van der Waals surface area contributed by atoms with Crippen LogP contribution in [-0.2, 0) is 0 Å². The number of nitrogens with one attached hydrogen (secondary N) is 1. The minimum atomic E-state index is -0.405. The van der Waals surface area contributed by atoms with Gasteiger partial charge in [-0.15, -0.1) is 6.42 Å². The van der Waals surface area contributed by atoms with E-state index >= 15 is 0 Å². The molecule has 0 amide bonds. The first-order valence-electron chi connectivity index (χ1n) is 6.44. The fourth-order valence-corrected chi connectivity index (χ4v) is 2.72. The largest absolute Gasteiger partial charge is 0.288 e. The van der Waals surface area contributed by atoms with Gasteiger partial charge in [-0.3, -0.25) is 5.32 Å². The van der Waals surface area contributed by atoms with Gasteiger partial charge in [0.05, 0.1) is 12.6 Å². The van der Waals surface area contributed by atoms with E-state index in [1.807, 2.05) is 6.07 Å². The summed E-state index contributed by atoms with van der Waals surface area (Å²) in [5.41, 5.74) is 0.985. The zero-order valence-corrected chi connectivity index (χ0v) is 10.5. The van der Waals surface area contributed by atoms with Gasteiger partial charge < -0.3 is 0 Å². The minimum absolute atomic E-state index is 0.405. The van der Waals surface area contributed by atoms with Crippen molar-refractivity contribution in [3.05, 3.63) is 35.9 Å². The quantitative estimate of drug-likeness (QED) is 0.822. The van der Waals surface area contributed by atoms with Crippen LogP contribution < -0.4 is 5.32 Å². The number of rotatable bonds is 3. The Kier molecular flexibility index (Phi) is 4.03. The molecule has 0 aromatic heterocycles. The summed E-state index contributed by atoms with van der Waals surface area (Å²) < 4.78 is 0. The van der Waals surface area contributed by atoms with E-state index in [1.54, 1.807) is 0 Å². The molecule has 1 aromatic rings. The Morgan fingerprint density at radius 3 is 2.50 bits per heavy atom. The van der Waals surface area contributed by atoms with E-state index in [9.17, 15) is 5.26 Å².